The van der Waals surface area contributed by atoms with E-state index in [0.717, 1.165) is 6.07 Å². The van der Waals surface area contributed by atoms with Gasteiger partial charge in [-0.1, -0.05) is 24.3 Å². The molecule has 0 bridgehead atoms. The number of hydrogen-bond acceptors (Lipinski definition) is 2. The minimum Gasteiger partial charge on any atom is -0.366 e. The third-order valence-electron chi connectivity index (χ3n) is 4.48. The van der Waals surface area contributed by atoms with Gasteiger partial charge in [0.25, 0.3) is 11.8 Å². The number of carbonyl (C=O) groups excluding carboxylic acids is 2. The molecule has 6 heteroatoms. The Kier molecular flexibility index (Phi) is 5.22. The molecule has 0 atom stereocenters. The third-order valence-corrected chi connectivity index (χ3v) is 4.48. The van der Waals surface area contributed by atoms with Crippen LogP contribution in [-0.2, 0) is 0 Å². The van der Waals surface area contributed by atoms with Crippen LogP contribution < -0.4 is 11.1 Å². The van der Waals surface area contributed by atoms with Crippen molar-refractivity contribution < 1.29 is 18.4 Å². The molecule has 3 rings (SSSR count). The number of anilines is 1. The molecule has 3 aromatic rings. The van der Waals surface area contributed by atoms with Gasteiger partial charge in [-0.15, -0.1) is 0 Å². The number of rotatable bonds is 4. The molecule has 4 nitrogen and oxygen atoms in total. The van der Waals surface area contributed by atoms with Crippen molar-refractivity contribution in [3.05, 3.63) is 88.5 Å². The van der Waals surface area contributed by atoms with Gasteiger partial charge in [-0.25, -0.2) is 8.78 Å². The van der Waals surface area contributed by atoms with E-state index < -0.39 is 23.4 Å². The van der Waals surface area contributed by atoms with Crippen LogP contribution in [0.4, 0.5) is 14.5 Å². The number of nitrogens with one attached hydrogen (secondary N) is 1. The molecule has 3 N–H and O–H groups in total. The normalized spacial score (nSPS) is 10.6. The summed E-state index contributed by atoms with van der Waals surface area (Å²) in [6.07, 6.45) is 0. The first kappa shape index (κ1) is 19.2. The van der Waals surface area contributed by atoms with E-state index in [-0.39, 0.29) is 22.4 Å². The molecule has 0 aliphatic rings. The van der Waals surface area contributed by atoms with Gasteiger partial charge < -0.3 is 11.1 Å². The molecular weight excluding hydrogens is 362 g/mol. The molecule has 0 saturated heterocycles. The Morgan fingerprint density at radius 1 is 0.893 bits per heavy atom. The largest absolute Gasteiger partial charge is 0.366 e. The smallest absolute Gasteiger partial charge is 0.255 e. The highest BCUT2D eigenvalue weighted by Crippen LogP contribution is 2.28. The topological polar surface area (TPSA) is 72.2 Å². The Labute approximate surface area is 161 Å². The second-order valence-electron chi connectivity index (χ2n) is 6.47. The summed E-state index contributed by atoms with van der Waals surface area (Å²) >= 11 is 0. The minimum absolute atomic E-state index is 0.0814. The first-order valence-electron chi connectivity index (χ1n) is 8.54. The molecule has 0 unspecified atom stereocenters. The average Bonchev–Trinajstić information content (AvgIpc) is 2.62. The SMILES string of the molecule is Cc1cc(F)ccc1-c1ccc(C(=O)Nc2cccc(C)c2C(N)=O)cc1F. The second kappa shape index (κ2) is 7.60. The van der Waals surface area contributed by atoms with Gasteiger partial charge in [0.05, 0.1) is 11.3 Å². The molecule has 0 spiro atoms. The second-order valence-corrected chi connectivity index (χ2v) is 6.47. The standard InChI is InChI=1S/C22H18F2N2O2/c1-12-4-3-5-19(20(12)21(25)27)26-22(28)14-6-8-17(18(24)11-14)16-9-7-15(23)10-13(16)2/h3-11H,1-2H3,(H2,25,27)(H,26,28). The Hall–Kier alpha value is -3.54. The van der Waals surface area contributed by atoms with E-state index in [1.807, 2.05) is 0 Å². The molecule has 0 radical (unpaired) electrons. The van der Waals surface area contributed by atoms with Crippen molar-refractivity contribution in [2.45, 2.75) is 13.8 Å². The Balaban J connectivity index is 1.92. The molecule has 0 fully saturated rings. The van der Waals surface area contributed by atoms with Gasteiger partial charge >= 0.3 is 0 Å². The fraction of sp³-hybridized carbons (Fsp3) is 0.0909. The molecule has 28 heavy (non-hydrogen) atoms. The highest BCUT2D eigenvalue weighted by Gasteiger charge is 2.16. The highest BCUT2D eigenvalue weighted by molar-refractivity contribution is 6.09. The van der Waals surface area contributed by atoms with Gasteiger partial charge in [0.1, 0.15) is 11.6 Å². The molecule has 0 heterocycles. The number of nitrogens with two attached hydrogens (primary N) is 1. The van der Waals surface area contributed by atoms with Crippen LogP contribution in [0.3, 0.4) is 0 Å². The lowest BCUT2D eigenvalue weighted by atomic mass is 9.98. The zero-order chi connectivity index (χ0) is 20.4. The molecule has 0 aromatic heterocycles. The van der Waals surface area contributed by atoms with E-state index in [2.05, 4.69) is 5.32 Å². The van der Waals surface area contributed by atoms with Crippen LogP contribution in [0.1, 0.15) is 31.8 Å². The van der Waals surface area contributed by atoms with E-state index in [0.29, 0.717) is 16.7 Å². The van der Waals surface area contributed by atoms with Crippen molar-refractivity contribution in [1.29, 1.82) is 0 Å². The van der Waals surface area contributed by atoms with Crippen molar-refractivity contribution in [3.8, 4) is 11.1 Å². The maximum atomic E-state index is 14.6. The Morgan fingerprint density at radius 3 is 2.25 bits per heavy atom. The number of halogens is 2. The van der Waals surface area contributed by atoms with Crippen molar-refractivity contribution >= 4 is 17.5 Å². The van der Waals surface area contributed by atoms with Crippen LogP contribution in [0.2, 0.25) is 0 Å². The molecule has 0 aliphatic heterocycles. The lowest BCUT2D eigenvalue weighted by Gasteiger charge is -2.12. The molecule has 0 aliphatic carbocycles. The summed E-state index contributed by atoms with van der Waals surface area (Å²) < 4.78 is 27.9. The third kappa shape index (κ3) is 3.76. The van der Waals surface area contributed by atoms with E-state index in [9.17, 15) is 18.4 Å². The lowest BCUT2D eigenvalue weighted by molar-refractivity contribution is 0.100. The van der Waals surface area contributed by atoms with E-state index >= 15 is 0 Å². The van der Waals surface area contributed by atoms with Gasteiger partial charge in [-0.05, 0) is 60.9 Å². The summed E-state index contributed by atoms with van der Waals surface area (Å²) in [4.78, 5) is 24.2. The quantitative estimate of drug-likeness (QED) is 0.694. The fourth-order valence-corrected chi connectivity index (χ4v) is 3.10. The molecular formula is C22H18F2N2O2. The van der Waals surface area contributed by atoms with E-state index in [4.69, 9.17) is 5.73 Å². The van der Waals surface area contributed by atoms with Gasteiger partial charge in [0.2, 0.25) is 0 Å². The van der Waals surface area contributed by atoms with Crippen molar-refractivity contribution in [2.75, 3.05) is 5.32 Å². The maximum absolute atomic E-state index is 14.6. The summed E-state index contributed by atoms with van der Waals surface area (Å²) in [6.45, 7) is 3.39. The molecule has 2 amide bonds. The molecule has 0 saturated carbocycles. The zero-order valence-electron chi connectivity index (χ0n) is 15.3. The van der Waals surface area contributed by atoms with Gasteiger partial charge in [-0.3, -0.25) is 9.59 Å². The van der Waals surface area contributed by atoms with E-state index in [1.165, 1.54) is 30.3 Å². The number of hydrogen-bond donors (Lipinski definition) is 2. The van der Waals surface area contributed by atoms with Gasteiger partial charge in [-0.2, -0.15) is 0 Å². The van der Waals surface area contributed by atoms with Crippen LogP contribution in [0.25, 0.3) is 11.1 Å². The summed E-state index contributed by atoms with van der Waals surface area (Å²) in [5.74, 6) is -2.25. The Bertz CT molecular complexity index is 1090. The monoisotopic (exact) mass is 380 g/mol. The number of carbonyl (C=O) groups is 2. The first-order chi connectivity index (χ1) is 13.3. The van der Waals surface area contributed by atoms with Gasteiger partial charge in [0.15, 0.2) is 0 Å². The zero-order valence-corrected chi connectivity index (χ0v) is 15.3. The van der Waals surface area contributed by atoms with Crippen molar-refractivity contribution in [1.82, 2.24) is 0 Å². The van der Waals surface area contributed by atoms with Crippen molar-refractivity contribution in [3.63, 3.8) is 0 Å². The van der Waals surface area contributed by atoms with E-state index in [1.54, 1.807) is 32.0 Å². The maximum Gasteiger partial charge on any atom is 0.255 e. The lowest BCUT2D eigenvalue weighted by Crippen LogP contribution is -2.19. The number of primary amides is 1. The fourth-order valence-electron chi connectivity index (χ4n) is 3.10. The Morgan fingerprint density at radius 2 is 1.61 bits per heavy atom. The summed E-state index contributed by atoms with van der Waals surface area (Å²) in [5.41, 5.74) is 7.95. The molecule has 3 aromatic carbocycles. The number of benzene rings is 3. The van der Waals surface area contributed by atoms with Crippen LogP contribution in [0.15, 0.2) is 54.6 Å². The van der Waals surface area contributed by atoms with Crippen LogP contribution in [0.5, 0.6) is 0 Å². The number of aryl methyl sites for hydroxylation is 2. The molecule has 142 valence electrons. The summed E-state index contributed by atoms with van der Waals surface area (Å²) in [6, 6.07) is 13.0. The summed E-state index contributed by atoms with van der Waals surface area (Å²) in [7, 11) is 0. The van der Waals surface area contributed by atoms with Crippen LogP contribution in [0, 0.1) is 25.5 Å². The van der Waals surface area contributed by atoms with Crippen LogP contribution in [-0.4, -0.2) is 11.8 Å². The van der Waals surface area contributed by atoms with Gasteiger partial charge in [0, 0.05) is 11.1 Å². The highest BCUT2D eigenvalue weighted by atomic mass is 19.1. The average molecular weight is 380 g/mol. The van der Waals surface area contributed by atoms with Crippen LogP contribution >= 0.6 is 0 Å². The predicted octanol–water partition coefficient (Wildman–Crippen LogP) is 4.60. The minimum atomic E-state index is -0.665. The summed E-state index contributed by atoms with van der Waals surface area (Å²) in [5, 5.41) is 2.60. The first-order valence-corrected chi connectivity index (χ1v) is 8.54. The number of amides is 2. The predicted molar refractivity (Wildman–Crippen MR) is 104 cm³/mol. The van der Waals surface area contributed by atoms with Crippen molar-refractivity contribution in [2.24, 2.45) is 5.73 Å².